The molecule has 0 amide bonds. The van der Waals surface area contributed by atoms with E-state index in [9.17, 15) is 0 Å². The lowest BCUT2D eigenvalue weighted by Crippen LogP contribution is -2.30. The molecule has 0 saturated heterocycles. The SMILES string of the molecule is CC1(C)c2cc(-c3ccccc3)ccc2N(c2ccccc2)c2ccc(-c3ccc(N(c4ccc(-c5ccccc5)cc4)c4ccc(-c5ccccc5)cc4)cc3)cc21. The van der Waals surface area contributed by atoms with Crippen molar-refractivity contribution < 1.29 is 0 Å². The standard InChI is InChI=1S/C57H44N2/c1-57(2)53-39-47(43-19-11-5-12-20-43)29-37-55(53)59(49-21-13-6-14-22-49)56-38-30-48(40-54(56)57)46-27-35-52(36-28-46)58(50-31-23-44(24-32-50)41-15-7-3-8-16-41)51-33-25-45(26-34-51)42-17-9-4-10-18-42/h3-40H,1-2H3. The Balaban J connectivity index is 1.03. The van der Waals surface area contributed by atoms with Gasteiger partial charge in [0.05, 0.1) is 11.4 Å². The van der Waals surface area contributed by atoms with Crippen LogP contribution in [0.1, 0.15) is 25.0 Å². The quantitative estimate of drug-likeness (QED) is 0.152. The van der Waals surface area contributed by atoms with Crippen LogP contribution >= 0.6 is 0 Å². The summed E-state index contributed by atoms with van der Waals surface area (Å²) in [5, 5.41) is 0. The molecule has 0 aliphatic carbocycles. The van der Waals surface area contributed by atoms with Gasteiger partial charge in [0.2, 0.25) is 0 Å². The summed E-state index contributed by atoms with van der Waals surface area (Å²) in [6.07, 6.45) is 0. The van der Waals surface area contributed by atoms with E-state index in [4.69, 9.17) is 0 Å². The fraction of sp³-hybridized carbons (Fsp3) is 0.0526. The maximum atomic E-state index is 2.43. The Labute approximate surface area is 347 Å². The highest BCUT2D eigenvalue weighted by Gasteiger charge is 2.37. The number of fused-ring (bicyclic) bond motifs is 2. The fourth-order valence-electron chi connectivity index (χ4n) is 8.70. The lowest BCUT2D eigenvalue weighted by atomic mass is 9.72. The van der Waals surface area contributed by atoms with Gasteiger partial charge in [-0.3, -0.25) is 0 Å². The van der Waals surface area contributed by atoms with E-state index < -0.39 is 0 Å². The summed E-state index contributed by atoms with van der Waals surface area (Å²) in [7, 11) is 0. The first-order valence-electron chi connectivity index (χ1n) is 20.4. The molecule has 0 atom stereocenters. The van der Waals surface area contributed by atoms with E-state index in [0.29, 0.717) is 0 Å². The average Bonchev–Trinajstić information content (AvgIpc) is 3.31. The Kier molecular flexibility index (Phi) is 9.24. The smallest absolute Gasteiger partial charge is 0.0503 e. The van der Waals surface area contributed by atoms with Crippen LogP contribution in [0.4, 0.5) is 34.1 Å². The number of para-hydroxylation sites is 1. The molecule has 0 spiro atoms. The van der Waals surface area contributed by atoms with Gasteiger partial charge in [0.15, 0.2) is 0 Å². The van der Waals surface area contributed by atoms with Gasteiger partial charge in [-0.15, -0.1) is 0 Å². The summed E-state index contributed by atoms with van der Waals surface area (Å²) >= 11 is 0. The van der Waals surface area contributed by atoms with Crippen LogP contribution in [0.5, 0.6) is 0 Å². The third kappa shape index (κ3) is 6.79. The summed E-state index contributed by atoms with van der Waals surface area (Å²) in [5.74, 6) is 0. The Bertz CT molecular complexity index is 2760. The van der Waals surface area contributed by atoms with E-state index in [1.807, 2.05) is 0 Å². The van der Waals surface area contributed by atoms with Crippen molar-refractivity contribution in [3.05, 3.63) is 242 Å². The molecule has 10 rings (SSSR count). The Morgan fingerprint density at radius 3 is 0.966 bits per heavy atom. The normalized spacial score (nSPS) is 12.7. The molecular weight excluding hydrogens is 713 g/mol. The van der Waals surface area contributed by atoms with Crippen molar-refractivity contribution in [1.29, 1.82) is 0 Å². The second-order valence-corrected chi connectivity index (χ2v) is 15.8. The van der Waals surface area contributed by atoms with Gasteiger partial charge in [0.1, 0.15) is 0 Å². The molecule has 0 bridgehead atoms. The minimum Gasteiger partial charge on any atom is -0.311 e. The zero-order valence-corrected chi connectivity index (χ0v) is 33.3. The molecule has 2 nitrogen and oxygen atoms in total. The van der Waals surface area contributed by atoms with Gasteiger partial charge >= 0.3 is 0 Å². The van der Waals surface area contributed by atoms with Crippen LogP contribution in [-0.2, 0) is 5.41 Å². The molecule has 0 radical (unpaired) electrons. The van der Waals surface area contributed by atoms with Crippen molar-refractivity contribution in [3.63, 3.8) is 0 Å². The predicted molar refractivity (Wildman–Crippen MR) is 250 cm³/mol. The van der Waals surface area contributed by atoms with Gasteiger partial charge < -0.3 is 9.80 Å². The summed E-state index contributed by atoms with van der Waals surface area (Å²) in [4.78, 5) is 4.78. The van der Waals surface area contributed by atoms with Crippen LogP contribution in [0.15, 0.2) is 231 Å². The van der Waals surface area contributed by atoms with Gasteiger partial charge in [-0.25, -0.2) is 0 Å². The highest BCUT2D eigenvalue weighted by Crippen LogP contribution is 2.53. The van der Waals surface area contributed by atoms with Crippen molar-refractivity contribution in [3.8, 4) is 44.5 Å². The molecule has 59 heavy (non-hydrogen) atoms. The molecular formula is C57H44N2. The lowest BCUT2D eigenvalue weighted by molar-refractivity contribution is 0.632. The molecule has 0 unspecified atom stereocenters. The Hall–Kier alpha value is -7.42. The van der Waals surface area contributed by atoms with Crippen LogP contribution < -0.4 is 9.80 Å². The maximum Gasteiger partial charge on any atom is 0.0503 e. The van der Waals surface area contributed by atoms with Crippen LogP contribution in [0.3, 0.4) is 0 Å². The Morgan fingerprint density at radius 2 is 0.593 bits per heavy atom. The third-order valence-corrected chi connectivity index (χ3v) is 11.9. The predicted octanol–water partition coefficient (Wildman–Crippen LogP) is 15.9. The van der Waals surface area contributed by atoms with Crippen molar-refractivity contribution >= 4 is 34.1 Å². The molecule has 1 heterocycles. The summed E-state index contributed by atoms with van der Waals surface area (Å²) in [6, 6.07) is 83.5. The third-order valence-electron chi connectivity index (χ3n) is 11.9. The van der Waals surface area contributed by atoms with Gasteiger partial charge in [-0.05, 0) is 128 Å². The van der Waals surface area contributed by atoms with Crippen LogP contribution in [0.2, 0.25) is 0 Å². The minimum atomic E-state index is -0.245. The lowest BCUT2D eigenvalue weighted by Gasteiger charge is -2.42. The molecule has 9 aromatic carbocycles. The van der Waals surface area contributed by atoms with Gasteiger partial charge in [-0.1, -0.05) is 172 Å². The van der Waals surface area contributed by atoms with Crippen molar-refractivity contribution in [2.75, 3.05) is 9.80 Å². The second kappa shape index (κ2) is 15.2. The molecule has 9 aromatic rings. The zero-order valence-electron chi connectivity index (χ0n) is 33.3. The van der Waals surface area contributed by atoms with Crippen LogP contribution in [0, 0.1) is 0 Å². The number of hydrogen-bond acceptors (Lipinski definition) is 2. The van der Waals surface area contributed by atoms with E-state index in [0.717, 1.165) is 22.7 Å². The molecule has 0 fully saturated rings. The van der Waals surface area contributed by atoms with Crippen LogP contribution in [-0.4, -0.2) is 0 Å². The molecule has 0 aromatic heterocycles. The van der Waals surface area contributed by atoms with Gasteiger partial charge in [0.25, 0.3) is 0 Å². The van der Waals surface area contributed by atoms with E-state index in [1.54, 1.807) is 0 Å². The van der Waals surface area contributed by atoms with E-state index in [-0.39, 0.29) is 5.41 Å². The zero-order chi connectivity index (χ0) is 39.8. The number of rotatable bonds is 8. The first-order valence-corrected chi connectivity index (χ1v) is 20.4. The highest BCUT2D eigenvalue weighted by molar-refractivity contribution is 5.89. The fourth-order valence-corrected chi connectivity index (χ4v) is 8.70. The monoisotopic (exact) mass is 756 g/mol. The average molecular weight is 757 g/mol. The summed E-state index contributed by atoms with van der Waals surface area (Å²) in [5.41, 5.74) is 18.9. The first kappa shape index (κ1) is 36.0. The molecule has 2 heteroatoms. The topological polar surface area (TPSA) is 6.48 Å². The number of nitrogens with zero attached hydrogens (tertiary/aromatic N) is 2. The Morgan fingerprint density at radius 1 is 0.305 bits per heavy atom. The molecule has 1 aliphatic heterocycles. The first-order chi connectivity index (χ1) is 29.0. The second-order valence-electron chi connectivity index (χ2n) is 15.8. The van der Waals surface area contributed by atoms with E-state index >= 15 is 0 Å². The van der Waals surface area contributed by atoms with Gasteiger partial charge in [-0.2, -0.15) is 0 Å². The maximum absolute atomic E-state index is 2.43. The van der Waals surface area contributed by atoms with Crippen molar-refractivity contribution in [2.45, 2.75) is 19.3 Å². The molecule has 0 N–H and O–H groups in total. The summed E-state index contributed by atoms with van der Waals surface area (Å²) in [6.45, 7) is 4.75. The van der Waals surface area contributed by atoms with Crippen molar-refractivity contribution in [1.82, 2.24) is 0 Å². The number of benzene rings is 9. The number of hydrogen-bond donors (Lipinski definition) is 0. The minimum absolute atomic E-state index is 0.245. The number of anilines is 6. The van der Waals surface area contributed by atoms with Crippen molar-refractivity contribution in [2.24, 2.45) is 0 Å². The van der Waals surface area contributed by atoms with Gasteiger partial charge in [0, 0.05) is 28.2 Å². The molecule has 282 valence electrons. The highest BCUT2D eigenvalue weighted by atomic mass is 15.2. The molecule has 0 saturated carbocycles. The van der Waals surface area contributed by atoms with E-state index in [2.05, 4.69) is 254 Å². The summed E-state index contributed by atoms with van der Waals surface area (Å²) < 4.78 is 0. The van der Waals surface area contributed by atoms with Crippen LogP contribution in [0.25, 0.3) is 44.5 Å². The van der Waals surface area contributed by atoms with E-state index in [1.165, 1.54) is 67.0 Å². The molecule has 1 aliphatic rings. The largest absolute Gasteiger partial charge is 0.311 e.